The van der Waals surface area contributed by atoms with Crippen molar-refractivity contribution < 1.29 is 4.39 Å². The van der Waals surface area contributed by atoms with Crippen LogP contribution in [0.4, 0.5) is 4.39 Å². The van der Waals surface area contributed by atoms with Gasteiger partial charge in [-0.25, -0.2) is 4.39 Å². The van der Waals surface area contributed by atoms with Gasteiger partial charge >= 0.3 is 0 Å². The largest absolute Gasteiger partial charge is 0.311 e. The molecule has 0 aliphatic carbocycles. The maximum atomic E-state index is 12.8. The van der Waals surface area contributed by atoms with Crippen molar-refractivity contribution in [3.63, 3.8) is 0 Å². The minimum atomic E-state index is -0.220. The number of aromatic nitrogens is 3. The smallest absolute Gasteiger partial charge is 0.163 e. The molecular formula is C12H12FN3. The summed E-state index contributed by atoms with van der Waals surface area (Å²) in [7, 11) is 0. The Bertz CT molecular complexity index is 501. The quantitative estimate of drug-likeness (QED) is 0.734. The van der Waals surface area contributed by atoms with Gasteiger partial charge in [0.15, 0.2) is 5.82 Å². The SMILES string of the molecule is Fc1ccc(-c2nnc3n2CCCC3)cc1. The lowest BCUT2D eigenvalue weighted by atomic mass is 10.1. The monoisotopic (exact) mass is 217 g/mol. The van der Waals surface area contributed by atoms with Crippen molar-refractivity contribution in [3.05, 3.63) is 35.9 Å². The summed E-state index contributed by atoms with van der Waals surface area (Å²) in [6.07, 6.45) is 3.34. The Morgan fingerprint density at radius 3 is 2.69 bits per heavy atom. The van der Waals surface area contributed by atoms with E-state index < -0.39 is 0 Å². The maximum Gasteiger partial charge on any atom is 0.163 e. The Kier molecular flexibility index (Phi) is 2.20. The highest BCUT2D eigenvalue weighted by atomic mass is 19.1. The number of rotatable bonds is 1. The molecule has 3 rings (SSSR count). The molecule has 3 nitrogen and oxygen atoms in total. The van der Waals surface area contributed by atoms with Crippen LogP contribution >= 0.6 is 0 Å². The van der Waals surface area contributed by atoms with Crippen molar-refractivity contribution in [1.29, 1.82) is 0 Å². The third-order valence-corrected chi connectivity index (χ3v) is 2.96. The van der Waals surface area contributed by atoms with E-state index >= 15 is 0 Å². The van der Waals surface area contributed by atoms with Crippen LogP contribution in [0, 0.1) is 5.82 Å². The van der Waals surface area contributed by atoms with Crippen LogP contribution in [0.1, 0.15) is 18.7 Å². The standard InChI is InChI=1S/C12H12FN3/c13-10-6-4-9(5-7-10)12-15-14-11-3-1-2-8-16(11)12/h4-7H,1-3,8H2. The van der Waals surface area contributed by atoms with Crippen LogP contribution in [0.25, 0.3) is 11.4 Å². The molecule has 1 aliphatic heterocycles. The second kappa shape index (κ2) is 3.70. The van der Waals surface area contributed by atoms with E-state index in [0.29, 0.717) is 0 Å². The second-order valence-electron chi connectivity index (χ2n) is 4.06. The summed E-state index contributed by atoms with van der Waals surface area (Å²) >= 11 is 0. The average molecular weight is 217 g/mol. The second-order valence-corrected chi connectivity index (χ2v) is 4.06. The Hall–Kier alpha value is -1.71. The van der Waals surface area contributed by atoms with Gasteiger partial charge in [0.05, 0.1) is 0 Å². The molecule has 0 saturated heterocycles. The van der Waals surface area contributed by atoms with E-state index in [1.165, 1.54) is 25.0 Å². The zero-order chi connectivity index (χ0) is 11.0. The Labute approximate surface area is 92.9 Å². The van der Waals surface area contributed by atoms with Gasteiger partial charge in [0.2, 0.25) is 0 Å². The third-order valence-electron chi connectivity index (χ3n) is 2.96. The van der Waals surface area contributed by atoms with Crippen molar-refractivity contribution in [2.24, 2.45) is 0 Å². The molecule has 16 heavy (non-hydrogen) atoms. The molecule has 2 aromatic rings. The van der Waals surface area contributed by atoms with Gasteiger partial charge in [0.1, 0.15) is 11.6 Å². The van der Waals surface area contributed by atoms with Gasteiger partial charge in [0, 0.05) is 18.5 Å². The number of benzene rings is 1. The molecule has 0 spiro atoms. The summed E-state index contributed by atoms with van der Waals surface area (Å²) in [6.45, 7) is 0.967. The molecule has 4 heteroatoms. The first kappa shape index (κ1) is 9.51. The lowest BCUT2D eigenvalue weighted by Gasteiger charge is -2.14. The summed E-state index contributed by atoms with van der Waals surface area (Å²) in [5.41, 5.74) is 0.932. The molecule has 1 aliphatic rings. The van der Waals surface area contributed by atoms with Gasteiger partial charge in [-0.2, -0.15) is 0 Å². The normalized spacial score (nSPS) is 14.8. The van der Waals surface area contributed by atoms with Crippen molar-refractivity contribution in [2.45, 2.75) is 25.8 Å². The summed E-state index contributed by atoms with van der Waals surface area (Å²) in [5.74, 6) is 1.68. The molecule has 1 aromatic heterocycles. The van der Waals surface area contributed by atoms with Gasteiger partial charge in [-0.15, -0.1) is 10.2 Å². The molecule has 1 aromatic carbocycles. The van der Waals surface area contributed by atoms with Gasteiger partial charge in [0.25, 0.3) is 0 Å². The lowest BCUT2D eigenvalue weighted by molar-refractivity contribution is 0.526. The Morgan fingerprint density at radius 2 is 1.88 bits per heavy atom. The minimum absolute atomic E-state index is 0.220. The predicted molar refractivity (Wildman–Crippen MR) is 58.4 cm³/mol. The Balaban J connectivity index is 2.06. The zero-order valence-electron chi connectivity index (χ0n) is 8.86. The molecule has 0 radical (unpaired) electrons. The van der Waals surface area contributed by atoms with Gasteiger partial charge in [-0.05, 0) is 37.1 Å². The molecule has 0 unspecified atom stereocenters. The fraction of sp³-hybridized carbons (Fsp3) is 0.333. The number of halogens is 1. The van der Waals surface area contributed by atoms with Crippen molar-refractivity contribution in [2.75, 3.05) is 0 Å². The first-order valence-electron chi connectivity index (χ1n) is 5.52. The summed E-state index contributed by atoms with van der Waals surface area (Å²) in [4.78, 5) is 0. The van der Waals surface area contributed by atoms with Crippen LogP contribution in [0.5, 0.6) is 0 Å². The van der Waals surface area contributed by atoms with E-state index in [0.717, 1.165) is 30.2 Å². The number of nitrogens with zero attached hydrogens (tertiary/aromatic N) is 3. The molecule has 0 amide bonds. The highest BCUT2D eigenvalue weighted by molar-refractivity contribution is 5.55. The molecule has 82 valence electrons. The van der Waals surface area contributed by atoms with E-state index in [9.17, 15) is 4.39 Å². The first-order valence-corrected chi connectivity index (χ1v) is 5.52. The molecular weight excluding hydrogens is 205 g/mol. The van der Waals surface area contributed by atoms with E-state index in [-0.39, 0.29) is 5.82 Å². The van der Waals surface area contributed by atoms with Crippen molar-refractivity contribution in [1.82, 2.24) is 14.8 Å². The Morgan fingerprint density at radius 1 is 1.06 bits per heavy atom. The number of hydrogen-bond acceptors (Lipinski definition) is 2. The molecule has 0 N–H and O–H groups in total. The van der Waals surface area contributed by atoms with Crippen LogP contribution in [0.2, 0.25) is 0 Å². The van der Waals surface area contributed by atoms with Crippen molar-refractivity contribution >= 4 is 0 Å². The minimum Gasteiger partial charge on any atom is -0.311 e. The van der Waals surface area contributed by atoms with Crippen LogP contribution < -0.4 is 0 Å². The van der Waals surface area contributed by atoms with Gasteiger partial charge in [-0.1, -0.05) is 0 Å². The van der Waals surface area contributed by atoms with Gasteiger partial charge < -0.3 is 4.57 Å². The molecule has 0 fully saturated rings. The number of aryl methyl sites for hydroxylation is 1. The fourth-order valence-electron chi connectivity index (χ4n) is 2.12. The molecule has 2 heterocycles. The van der Waals surface area contributed by atoms with Crippen molar-refractivity contribution in [3.8, 4) is 11.4 Å². The summed E-state index contributed by atoms with van der Waals surface area (Å²) in [6, 6.07) is 6.42. The first-order chi connectivity index (χ1) is 7.84. The highest BCUT2D eigenvalue weighted by Gasteiger charge is 2.16. The van der Waals surface area contributed by atoms with Gasteiger partial charge in [-0.3, -0.25) is 0 Å². The summed E-state index contributed by atoms with van der Waals surface area (Å²) < 4.78 is 15.0. The highest BCUT2D eigenvalue weighted by Crippen LogP contribution is 2.22. The average Bonchev–Trinajstić information content (AvgIpc) is 2.74. The van der Waals surface area contributed by atoms with E-state index in [4.69, 9.17) is 0 Å². The molecule has 0 bridgehead atoms. The van der Waals surface area contributed by atoms with E-state index in [1.807, 2.05) is 0 Å². The maximum absolute atomic E-state index is 12.8. The number of hydrogen-bond donors (Lipinski definition) is 0. The van der Waals surface area contributed by atoms with Crippen LogP contribution in [-0.2, 0) is 13.0 Å². The number of fused-ring (bicyclic) bond motifs is 1. The van der Waals surface area contributed by atoms with Crippen LogP contribution in [0.3, 0.4) is 0 Å². The molecule has 0 saturated carbocycles. The van der Waals surface area contributed by atoms with E-state index in [2.05, 4.69) is 14.8 Å². The topological polar surface area (TPSA) is 30.7 Å². The zero-order valence-corrected chi connectivity index (χ0v) is 8.86. The van der Waals surface area contributed by atoms with Crippen LogP contribution in [0.15, 0.2) is 24.3 Å². The molecule has 0 atom stereocenters. The lowest BCUT2D eigenvalue weighted by Crippen LogP contribution is -2.11. The van der Waals surface area contributed by atoms with E-state index in [1.54, 1.807) is 12.1 Å². The fourth-order valence-corrected chi connectivity index (χ4v) is 2.12. The summed E-state index contributed by atoms with van der Waals surface area (Å²) in [5, 5.41) is 8.36. The van der Waals surface area contributed by atoms with Crippen LogP contribution in [-0.4, -0.2) is 14.8 Å². The predicted octanol–water partition coefficient (Wildman–Crippen LogP) is 2.42. The third kappa shape index (κ3) is 1.50.